The van der Waals surface area contributed by atoms with Crippen LogP contribution in [0.25, 0.3) is 0 Å². The van der Waals surface area contributed by atoms with Crippen LogP contribution >= 0.6 is 0 Å². The molecule has 1 heterocycles. The maximum atomic E-state index is 12.0. The molecule has 0 aromatic heterocycles. The monoisotopic (exact) mass is 431 g/mol. The molecule has 1 saturated heterocycles. The van der Waals surface area contributed by atoms with E-state index in [2.05, 4.69) is 4.90 Å². The number of benzene rings is 3. The maximum absolute atomic E-state index is 12.0. The van der Waals surface area contributed by atoms with Crippen LogP contribution in [0.3, 0.4) is 0 Å². The van der Waals surface area contributed by atoms with Crippen molar-refractivity contribution in [2.75, 3.05) is 26.2 Å². The highest BCUT2D eigenvalue weighted by Crippen LogP contribution is 2.41. The van der Waals surface area contributed by atoms with Gasteiger partial charge in [-0.15, -0.1) is 0 Å². The molecule has 0 amide bonds. The van der Waals surface area contributed by atoms with E-state index in [1.807, 2.05) is 91.0 Å². The fraction of sp³-hybridized carbons (Fsp3) is 0.357. The predicted molar refractivity (Wildman–Crippen MR) is 127 cm³/mol. The molecule has 1 aliphatic rings. The molecule has 4 nitrogen and oxygen atoms in total. The van der Waals surface area contributed by atoms with Crippen LogP contribution in [0.4, 0.5) is 0 Å². The van der Waals surface area contributed by atoms with E-state index < -0.39 is 11.7 Å². The van der Waals surface area contributed by atoms with Crippen molar-refractivity contribution in [3.05, 3.63) is 108 Å². The van der Waals surface area contributed by atoms with Crippen molar-refractivity contribution in [1.29, 1.82) is 0 Å². The van der Waals surface area contributed by atoms with Gasteiger partial charge < -0.3 is 19.8 Å². The summed E-state index contributed by atoms with van der Waals surface area (Å²) in [6.07, 6.45) is 1.23. The van der Waals surface area contributed by atoms with Crippen molar-refractivity contribution in [3.63, 3.8) is 0 Å². The lowest BCUT2D eigenvalue weighted by Gasteiger charge is -2.42. The van der Waals surface area contributed by atoms with Gasteiger partial charge in [0.05, 0.1) is 19.3 Å². The summed E-state index contributed by atoms with van der Waals surface area (Å²) in [5, 5.41) is 22.4. The van der Waals surface area contributed by atoms with E-state index in [0.717, 1.165) is 42.6 Å². The topological polar surface area (TPSA) is 52.9 Å². The molecule has 3 aromatic carbocycles. The third-order valence-corrected chi connectivity index (χ3v) is 6.50. The van der Waals surface area contributed by atoms with E-state index >= 15 is 0 Å². The largest absolute Gasteiger partial charge is 0.389 e. The molecule has 4 heteroatoms. The minimum atomic E-state index is -1.01. The van der Waals surface area contributed by atoms with Gasteiger partial charge in [0.15, 0.2) is 0 Å². The SMILES string of the molecule is OC(COCc1ccccc1)CN1CCC(C(O)(c2ccccc2)c2ccccc2)CC1. The predicted octanol–water partition coefficient (Wildman–Crippen LogP) is 4.21. The number of aliphatic hydroxyl groups is 2. The average molecular weight is 432 g/mol. The number of nitrogens with zero attached hydrogens (tertiary/aromatic N) is 1. The Morgan fingerprint density at radius 2 is 1.31 bits per heavy atom. The first kappa shape index (κ1) is 22.7. The molecule has 2 N–H and O–H groups in total. The van der Waals surface area contributed by atoms with Crippen LogP contribution in [0.5, 0.6) is 0 Å². The van der Waals surface area contributed by atoms with Crippen LogP contribution in [0.2, 0.25) is 0 Å². The highest BCUT2D eigenvalue weighted by Gasteiger charge is 2.41. The molecular weight excluding hydrogens is 398 g/mol. The number of hydrogen-bond donors (Lipinski definition) is 2. The van der Waals surface area contributed by atoms with Crippen LogP contribution < -0.4 is 0 Å². The first-order chi connectivity index (χ1) is 15.7. The van der Waals surface area contributed by atoms with Crippen LogP contribution in [0, 0.1) is 5.92 Å². The summed E-state index contributed by atoms with van der Waals surface area (Å²) in [5.74, 6) is 0.120. The average Bonchev–Trinajstić information content (AvgIpc) is 2.86. The number of rotatable bonds is 9. The van der Waals surface area contributed by atoms with Gasteiger partial charge in [0.1, 0.15) is 5.60 Å². The molecule has 0 bridgehead atoms. The fourth-order valence-corrected chi connectivity index (χ4v) is 4.79. The highest BCUT2D eigenvalue weighted by atomic mass is 16.5. The summed E-state index contributed by atoms with van der Waals surface area (Å²) in [7, 11) is 0. The standard InChI is InChI=1S/C28H33NO3/c30-27(22-32-21-23-10-4-1-5-11-23)20-29-18-16-26(17-19-29)28(31,24-12-6-2-7-13-24)25-14-8-3-9-15-25/h1-15,26-27,30-31H,16-22H2. The Balaban J connectivity index is 1.33. The second kappa shape index (κ2) is 10.9. The van der Waals surface area contributed by atoms with Crippen molar-refractivity contribution < 1.29 is 14.9 Å². The van der Waals surface area contributed by atoms with Crippen LogP contribution in [0.15, 0.2) is 91.0 Å². The second-order valence-corrected chi connectivity index (χ2v) is 8.73. The molecular formula is C28H33NO3. The summed E-state index contributed by atoms with van der Waals surface area (Å²) in [5.41, 5.74) is 1.99. The molecule has 0 aliphatic carbocycles. The van der Waals surface area contributed by atoms with Gasteiger partial charge in [0, 0.05) is 6.54 Å². The molecule has 168 valence electrons. The Morgan fingerprint density at radius 1 is 0.812 bits per heavy atom. The Morgan fingerprint density at radius 3 is 1.84 bits per heavy atom. The van der Waals surface area contributed by atoms with Gasteiger partial charge in [-0.05, 0) is 48.5 Å². The molecule has 3 aromatic rings. The van der Waals surface area contributed by atoms with E-state index in [1.54, 1.807) is 0 Å². The lowest BCUT2D eigenvalue weighted by Crippen LogP contribution is -2.46. The van der Waals surface area contributed by atoms with E-state index in [0.29, 0.717) is 19.8 Å². The molecule has 1 aliphatic heterocycles. The van der Waals surface area contributed by atoms with E-state index in [-0.39, 0.29) is 5.92 Å². The van der Waals surface area contributed by atoms with Crippen molar-refractivity contribution in [1.82, 2.24) is 4.90 Å². The van der Waals surface area contributed by atoms with E-state index in [9.17, 15) is 10.2 Å². The maximum Gasteiger partial charge on any atom is 0.117 e. The van der Waals surface area contributed by atoms with E-state index in [4.69, 9.17) is 4.74 Å². The van der Waals surface area contributed by atoms with E-state index in [1.165, 1.54) is 0 Å². The summed E-state index contributed by atoms with van der Waals surface area (Å²) in [4.78, 5) is 2.28. The number of hydrogen-bond acceptors (Lipinski definition) is 4. The van der Waals surface area contributed by atoms with Gasteiger partial charge >= 0.3 is 0 Å². The number of β-amino-alcohol motifs (C(OH)–C–C–N with tert-alkyl or cyclic N) is 1. The Hall–Kier alpha value is -2.50. The van der Waals surface area contributed by atoms with Gasteiger partial charge in [-0.2, -0.15) is 0 Å². The third-order valence-electron chi connectivity index (χ3n) is 6.50. The second-order valence-electron chi connectivity index (χ2n) is 8.73. The van der Waals surface area contributed by atoms with Crippen LogP contribution in [-0.4, -0.2) is 47.5 Å². The zero-order valence-corrected chi connectivity index (χ0v) is 18.5. The number of aliphatic hydroxyl groups excluding tert-OH is 1. The minimum absolute atomic E-state index is 0.120. The molecule has 1 fully saturated rings. The molecule has 0 saturated carbocycles. The summed E-state index contributed by atoms with van der Waals surface area (Å²) in [6.45, 7) is 3.13. The zero-order valence-electron chi connectivity index (χ0n) is 18.5. The lowest BCUT2D eigenvalue weighted by molar-refractivity contribution is -0.0294. The van der Waals surface area contributed by atoms with Crippen molar-refractivity contribution in [2.45, 2.75) is 31.2 Å². The number of piperidine rings is 1. The Bertz CT molecular complexity index is 885. The van der Waals surface area contributed by atoms with Crippen LogP contribution in [0.1, 0.15) is 29.5 Å². The Kier molecular flexibility index (Phi) is 7.72. The summed E-state index contributed by atoms with van der Waals surface area (Å²) < 4.78 is 5.70. The highest BCUT2D eigenvalue weighted by molar-refractivity contribution is 5.37. The zero-order chi connectivity index (χ0) is 22.2. The molecule has 4 rings (SSSR count). The first-order valence-corrected chi connectivity index (χ1v) is 11.5. The third kappa shape index (κ3) is 5.45. The van der Waals surface area contributed by atoms with Crippen molar-refractivity contribution in [2.24, 2.45) is 5.92 Å². The number of likely N-dealkylation sites (tertiary alicyclic amines) is 1. The van der Waals surface area contributed by atoms with Gasteiger partial charge in [0.2, 0.25) is 0 Å². The van der Waals surface area contributed by atoms with Gasteiger partial charge in [-0.1, -0.05) is 91.0 Å². The summed E-state index contributed by atoms with van der Waals surface area (Å²) >= 11 is 0. The van der Waals surface area contributed by atoms with Gasteiger partial charge in [0.25, 0.3) is 0 Å². The lowest BCUT2D eigenvalue weighted by atomic mass is 9.72. The molecule has 0 spiro atoms. The van der Waals surface area contributed by atoms with Gasteiger partial charge in [-0.3, -0.25) is 0 Å². The molecule has 1 unspecified atom stereocenters. The molecule has 32 heavy (non-hydrogen) atoms. The fourth-order valence-electron chi connectivity index (χ4n) is 4.79. The minimum Gasteiger partial charge on any atom is -0.389 e. The number of ether oxygens (including phenoxy) is 1. The first-order valence-electron chi connectivity index (χ1n) is 11.5. The van der Waals surface area contributed by atoms with Crippen molar-refractivity contribution >= 4 is 0 Å². The molecule has 0 radical (unpaired) electrons. The quantitative estimate of drug-likeness (QED) is 0.533. The van der Waals surface area contributed by atoms with Crippen LogP contribution in [-0.2, 0) is 16.9 Å². The van der Waals surface area contributed by atoms with Crippen molar-refractivity contribution in [3.8, 4) is 0 Å². The Labute approximate surface area is 191 Å². The van der Waals surface area contributed by atoms with Gasteiger partial charge in [-0.25, -0.2) is 0 Å². The summed E-state index contributed by atoms with van der Waals surface area (Å²) in [6, 6.07) is 30.0. The molecule has 1 atom stereocenters. The smallest absolute Gasteiger partial charge is 0.117 e. The normalized spacial score (nSPS) is 16.7.